The summed E-state index contributed by atoms with van der Waals surface area (Å²) in [6, 6.07) is -0.568. The van der Waals surface area contributed by atoms with Gasteiger partial charge >= 0.3 is 12.0 Å². The third-order valence-corrected chi connectivity index (χ3v) is 4.27. The molecule has 3 unspecified atom stereocenters. The zero-order valence-electron chi connectivity index (χ0n) is 11.8. The predicted octanol–water partition coefficient (Wildman–Crippen LogP) is 1.20. The Hall–Kier alpha value is -1.59. The van der Waals surface area contributed by atoms with Crippen molar-refractivity contribution in [3.63, 3.8) is 0 Å². The van der Waals surface area contributed by atoms with Crippen molar-refractivity contribution in [3.8, 4) is 0 Å². The van der Waals surface area contributed by atoms with Crippen molar-refractivity contribution in [1.82, 2.24) is 10.6 Å². The summed E-state index contributed by atoms with van der Waals surface area (Å²) in [6.07, 6.45) is 5.28. The lowest BCUT2D eigenvalue weighted by molar-refractivity contribution is -0.149. The molecule has 20 heavy (non-hydrogen) atoms. The normalized spacial score (nSPS) is 27.1. The maximum absolute atomic E-state index is 11.7. The minimum absolute atomic E-state index is 0.339. The second-order valence-corrected chi connectivity index (χ2v) is 5.71. The van der Waals surface area contributed by atoms with Gasteiger partial charge in [-0.2, -0.15) is 0 Å². The number of esters is 1. The number of hydrogen-bond acceptors (Lipinski definition) is 4. The first-order valence-corrected chi connectivity index (χ1v) is 7.31. The summed E-state index contributed by atoms with van der Waals surface area (Å²) < 4.78 is 4.92. The van der Waals surface area contributed by atoms with E-state index in [1.165, 1.54) is 19.3 Å². The van der Waals surface area contributed by atoms with Gasteiger partial charge in [-0.3, -0.25) is 14.9 Å². The zero-order chi connectivity index (χ0) is 14.5. The fourth-order valence-electron chi connectivity index (χ4n) is 3.41. The van der Waals surface area contributed by atoms with Gasteiger partial charge in [0.25, 0.3) is 5.91 Å². The van der Waals surface area contributed by atoms with Crippen molar-refractivity contribution in [2.45, 2.75) is 39.0 Å². The number of hydrogen-bond donors (Lipinski definition) is 2. The second kappa shape index (κ2) is 6.72. The van der Waals surface area contributed by atoms with Gasteiger partial charge in [0.05, 0.1) is 0 Å². The molecular formula is C14H22N2O4. The third-order valence-electron chi connectivity index (χ3n) is 4.27. The van der Waals surface area contributed by atoms with Crippen molar-refractivity contribution in [3.05, 3.63) is 0 Å². The summed E-state index contributed by atoms with van der Waals surface area (Å²) in [5.74, 6) is 0.939. The Labute approximate surface area is 118 Å². The molecule has 3 amide bonds. The van der Waals surface area contributed by atoms with Crippen LogP contribution in [-0.2, 0) is 14.3 Å². The van der Waals surface area contributed by atoms with Crippen LogP contribution >= 0.6 is 0 Å². The van der Waals surface area contributed by atoms with Crippen molar-refractivity contribution >= 4 is 17.9 Å². The van der Waals surface area contributed by atoms with Crippen LogP contribution in [0.25, 0.3) is 0 Å². The molecule has 6 nitrogen and oxygen atoms in total. The van der Waals surface area contributed by atoms with E-state index in [0.29, 0.717) is 24.8 Å². The molecule has 0 heterocycles. The van der Waals surface area contributed by atoms with Crippen LogP contribution in [0.15, 0.2) is 0 Å². The Morgan fingerprint density at radius 3 is 2.60 bits per heavy atom. The van der Waals surface area contributed by atoms with E-state index in [9.17, 15) is 14.4 Å². The van der Waals surface area contributed by atoms with Crippen molar-refractivity contribution < 1.29 is 19.1 Å². The average molecular weight is 282 g/mol. The summed E-state index contributed by atoms with van der Waals surface area (Å²) >= 11 is 0. The highest BCUT2D eigenvalue weighted by molar-refractivity contribution is 5.95. The van der Waals surface area contributed by atoms with Crippen LogP contribution in [-0.4, -0.2) is 31.1 Å². The minimum atomic E-state index is -0.600. The van der Waals surface area contributed by atoms with E-state index in [0.717, 1.165) is 12.3 Å². The quantitative estimate of drug-likeness (QED) is 0.742. The van der Waals surface area contributed by atoms with Crippen molar-refractivity contribution in [2.24, 2.45) is 17.8 Å². The first-order valence-electron chi connectivity index (χ1n) is 7.31. The van der Waals surface area contributed by atoms with E-state index in [1.54, 1.807) is 6.92 Å². The Morgan fingerprint density at radius 1 is 1.20 bits per heavy atom. The first-order chi connectivity index (χ1) is 9.58. The highest BCUT2D eigenvalue weighted by Crippen LogP contribution is 2.49. The van der Waals surface area contributed by atoms with Gasteiger partial charge in [0, 0.05) is 13.0 Å². The van der Waals surface area contributed by atoms with Gasteiger partial charge in [0.2, 0.25) is 0 Å². The lowest BCUT2D eigenvalue weighted by Crippen LogP contribution is -2.41. The van der Waals surface area contributed by atoms with E-state index < -0.39 is 18.5 Å². The number of urea groups is 1. The maximum Gasteiger partial charge on any atom is 0.321 e. The van der Waals surface area contributed by atoms with Gasteiger partial charge in [-0.1, -0.05) is 6.42 Å². The first kappa shape index (κ1) is 14.8. The van der Waals surface area contributed by atoms with E-state index in [-0.39, 0.29) is 5.97 Å². The van der Waals surface area contributed by atoms with Crippen LogP contribution in [0.4, 0.5) is 4.79 Å². The molecule has 2 fully saturated rings. The number of carbonyl (C=O) groups is 3. The molecule has 0 aromatic heterocycles. The molecule has 0 radical (unpaired) electrons. The summed E-state index contributed by atoms with van der Waals surface area (Å²) in [4.78, 5) is 34.1. The number of imide groups is 1. The molecule has 2 rings (SSSR count). The van der Waals surface area contributed by atoms with Gasteiger partial charge in [-0.25, -0.2) is 4.79 Å². The van der Waals surface area contributed by atoms with Crippen LogP contribution in [0.1, 0.15) is 39.0 Å². The van der Waals surface area contributed by atoms with Gasteiger partial charge in [-0.15, -0.1) is 0 Å². The number of nitrogens with one attached hydrogen (secondary N) is 2. The van der Waals surface area contributed by atoms with E-state index in [2.05, 4.69) is 10.6 Å². The molecule has 0 aliphatic heterocycles. The zero-order valence-corrected chi connectivity index (χ0v) is 11.8. The molecule has 6 heteroatoms. The second-order valence-electron chi connectivity index (χ2n) is 5.71. The monoisotopic (exact) mass is 282 g/mol. The van der Waals surface area contributed by atoms with Gasteiger partial charge < -0.3 is 10.1 Å². The van der Waals surface area contributed by atoms with E-state index in [1.807, 2.05) is 0 Å². The standard InChI is InChI=1S/C14H22N2O4/c1-2-15-14(19)16-12(17)8-20-13(18)7-11-6-9-3-4-10(11)5-9/h9-11H,2-8H2,1H3,(H2,15,16,17,19). The van der Waals surface area contributed by atoms with Gasteiger partial charge in [-0.05, 0) is 43.9 Å². The molecule has 2 aliphatic carbocycles. The number of carbonyl (C=O) groups excluding carboxylic acids is 3. The highest BCUT2D eigenvalue weighted by Gasteiger charge is 2.40. The fourth-order valence-corrected chi connectivity index (χ4v) is 3.41. The Morgan fingerprint density at radius 2 is 2.00 bits per heavy atom. The summed E-state index contributed by atoms with van der Waals surface area (Å²) in [5.41, 5.74) is 0. The Balaban J connectivity index is 1.62. The van der Waals surface area contributed by atoms with Crippen LogP contribution in [0, 0.1) is 17.8 Å². The largest absolute Gasteiger partial charge is 0.456 e. The predicted molar refractivity (Wildman–Crippen MR) is 71.7 cm³/mol. The summed E-state index contributed by atoms with van der Waals surface area (Å²) in [5, 5.41) is 4.52. The molecule has 0 spiro atoms. The smallest absolute Gasteiger partial charge is 0.321 e. The Bertz CT molecular complexity index is 397. The molecule has 3 atom stereocenters. The van der Waals surface area contributed by atoms with Crippen LogP contribution in [0.5, 0.6) is 0 Å². The third kappa shape index (κ3) is 3.95. The number of ether oxygens (including phenoxy) is 1. The number of fused-ring (bicyclic) bond motifs is 2. The Kier molecular flexibility index (Phi) is 4.98. The van der Waals surface area contributed by atoms with E-state index >= 15 is 0 Å². The summed E-state index contributed by atoms with van der Waals surface area (Å²) in [7, 11) is 0. The molecule has 112 valence electrons. The topological polar surface area (TPSA) is 84.5 Å². The highest BCUT2D eigenvalue weighted by atomic mass is 16.5. The van der Waals surface area contributed by atoms with Crippen LogP contribution < -0.4 is 10.6 Å². The fraction of sp³-hybridized carbons (Fsp3) is 0.786. The lowest BCUT2D eigenvalue weighted by Gasteiger charge is -2.20. The lowest BCUT2D eigenvalue weighted by atomic mass is 9.86. The van der Waals surface area contributed by atoms with E-state index in [4.69, 9.17) is 4.74 Å². The molecule has 0 aromatic carbocycles. The van der Waals surface area contributed by atoms with Gasteiger partial charge in [0.15, 0.2) is 6.61 Å². The number of rotatable bonds is 5. The SMILES string of the molecule is CCNC(=O)NC(=O)COC(=O)CC1CC2CCC1C2. The van der Waals surface area contributed by atoms with Crippen molar-refractivity contribution in [2.75, 3.05) is 13.2 Å². The average Bonchev–Trinajstić information content (AvgIpc) is 2.99. The molecule has 2 aliphatic rings. The number of amides is 3. The van der Waals surface area contributed by atoms with Crippen LogP contribution in [0.3, 0.4) is 0 Å². The van der Waals surface area contributed by atoms with Crippen molar-refractivity contribution in [1.29, 1.82) is 0 Å². The molecular weight excluding hydrogens is 260 g/mol. The molecule has 0 aromatic rings. The summed E-state index contributed by atoms with van der Waals surface area (Å²) in [6.45, 7) is 1.79. The molecule has 2 bridgehead atoms. The maximum atomic E-state index is 11.7. The minimum Gasteiger partial charge on any atom is -0.456 e. The molecule has 2 N–H and O–H groups in total. The molecule has 2 saturated carbocycles. The van der Waals surface area contributed by atoms with Crippen LogP contribution in [0.2, 0.25) is 0 Å². The van der Waals surface area contributed by atoms with Gasteiger partial charge in [0.1, 0.15) is 0 Å². The molecule has 0 saturated heterocycles.